The van der Waals surface area contributed by atoms with Crippen LogP contribution in [0.5, 0.6) is 0 Å². The Bertz CT molecular complexity index is 853. The van der Waals surface area contributed by atoms with Gasteiger partial charge in [-0.15, -0.1) is 11.8 Å². The van der Waals surface area contributed by atoms with Crippen LogP contribution in [0.1, 0.15) is 25.7 Å². The highest BCUT2D eigenvalue weighted by Crippen LogP contribution is 2.31. The predicted octanol–water partition coefficient (Wildman–Crippen LogP) is 4.26. The number of nitrogens with zero attached hydrogens (tertiary/aromatic N) is 2. The first-order chi connectivity index (χ1) is 14.7. The second-order valence-corrected chi connectivity index (χ2v) is 9.12. The fourth-order valence-corrected chi connectivity index (χ4v) is 4.61. The van der Waals surface area contributed by atoms with E-state index in [4.69, 9.17) is 0 Å². The number of nitrogens with one attached hydrogen (secondary N) is 1. The average Bonchev–Trinajstić information content (AvgIpc) is 3.62. The van der Waals surface area contributed by atoms with Crippen molar-refractivity contribution in [3.63, 3.8) is 0 Å². The van der Waals surface area contributed by atoms with Crippen molar-refractivity contribution in [1.82, 2.24) is 4.90 Å². The molecule has 0 aromatic heterocycles. The van der Waals surface area contributed by atoms with Gasteiger partial charge in [0.2, 0.25) is 11.8 Å². The zero-order valence-corrected chi connectivity index (χ0v) is 18.1. The molecule has 0 unspecified atom stereocenters. The summed E-state index contributed by atoms with van der Waals surface area (Å²) < 4.78 is 0. The molecular formula is C24H29N3O2S. The fraction of sp³-hybridized carbons (Fsp3) is 0.417. The van der Waals surface area contributed by atoms with Crippen molar-refractivity contribution in [1.29, 1.82) is 0 Å². The van der Waals surface area contributed by atoms with Crippen molar-refractivity contribution in [2.45, 2.75) is 30.6 Å². The number of hydrogen-bond acceptors (Lipinski definition) is 4. The summed E-state index contributed by atoms with van der Waals surface area (Å²) in [5.74, 6) is 1.44. The van der Waals surface area contributed by atoms with Crippen LogP contribution in [0.2, 0.25) is 0 Å². The van der Waals surface area contributed by atoms with Crippen LogP contribution in [0.15, 0.2) is 59.5 Å². The molecule has 30 heavy (non-hydrogen) atoms. The Labute approximate surface area is 182 Å². The van der Waals surface area contributed by atoms with E-state index >= 15 is 0 Å². The molecule has 1 heterocycles. The lowest BCUT2D eigenvalue weighted by Gasteiger charge is -2.24. The van der Waals surface area contributed by atoms with E-state index in [2.05, 4.69) is 34.5 Å². The minimum absolute atomic E-state index is 0.0372. The van der Waals surface area contributed by atoms with Gasteiger partial charge in [-0.3, -0.25) is 9.59 Å². The number of carbonyl (C=O) groups is 2. The van der Waals surface area contributed by atoms with Gasteiger partial charge < -0.3 is 15.1 Å². The number of hydrogen-bond donors (Lipinski definition) is 1. The molecule has 1 saturated heterocycles. The molecule has 5 nitrogen and oxygen atoms in total. The van der Waals surface area contributed by atoms with Crippen LogP contribution in [0, 0.1) is 5.92 Å². The van der Waals surface area contributed by atoms with Gasteiger partial charge in [-0.1, -0.05) is 18.2 Å². The molecule has 2 aromatic carbocycles. The third-order valence-corrected chi connectivity index (χ3v) is 6.61. The summed E-state index contributed by atoms with van der Waals surface area (Å²) in [6, 6.07) is 18.2. The van der Waals surface area contributed by atoms with Gasteiger partial charge in [-0.25, -0.2) is 0 Å². The van der Waals surface area contributed by atoms with Gasteiger partial charge in [0, 0.05) is 60.5 Å². The molecule has 0 radical (unpaired) electrons. The van der Waals surface area contributed by atoms with Crippen LogP contribution in [-0.2, 0) is 9.59 Å². The van der Waals surface area contributed by atoms with Gasteiger partial charge >= 0.3 is 0 Å². The summed E-state index contributed by atoms with van der Waals surface area (Å²) in [5, 5.41) is 2.99. The Morgan fingerprint density at radius 2 is 1.70 bits per heavy atom. The van der Waals surface area contributed by atoms with E-state index in [1.807, 2.05) is 35.2 Å². The molecule has 2 aromatic rings. The lowest BCUT2D eigenvalue weighted by atomic mass is 10.2. The molecular weight excluding hydrogens is 394 g/mol. The Morgan fingerprint density at radius 3 is 2.43 bits per heavy atom. The van der Waals surface area contributed by atoms with Crippen molar-refractivity contribution in [2.24, 2.45) is 5.92 Å². The normalized spacial score (nSPS) is 16.8. The first-order valence-electron chi connectivity index (χ1n) is 10.8. The molecule has 158 valence electrons. The van der Waals surface area contributed by atoms with E-state index in [-0.39, 0.29) is 5.91 Å². The van der Waals surface area contributed by atoms with Crippen LogP contribution in [0.3, 0.4) is 0 Å². The lowest BCUT2D eigenvalue weighted by Crippen LogP contribution is -2.36. The van der Waals surface area contributed by atoms with Gasteiger partial charge in [0.25, 0.3) is 0 Å². The third kappa shape index (κ3) is 5.79. The summed E-state index contributed by atoms with van der Waals surface area (Å²) in [7, 11) is 0. The van der Waals surface area contributed by atoms with Crippen molar-refractivity contribution in [3.05, 3.63) is 54.6 Å². The average molecular weight is 424 g/mol. The van der Waals surface area contributed by atoms with Crippen molar-refractivity contribution in [3.8, 4) is 0 Å². The van der Waals surface area contributed by atoms with E-state index in [1.165, 1.54) is 4.90 Å². The van der Waals surface area contributed by atoms with Gasteiger partial charge in [0.05, 0.1) is 0 Å². The van der Waals surface area contributed by atoms with Crippen LogP contribution in [0.4, 0.5) is 11.4 Å². The van der Waals surface area contributed by atoms with Gasteiger partial charge in [0.15, 0.2) is 0 Å². The monoisotopic (exact) mass is 423 g/mol. The third-order valence-electron chi connectivity index (χ3n) is 5.59. The maximum Gasteiger partial charge on any atom is 0.225 e. The Morgan fingerprint density at radius 1 is 0.933 bits per heavy atom. The molecule has 0 spiro atoms. The van der Waals surface area contributed by atoms with Crippen LogP contribution < -0.4 is 10.2 Å². The summed E-state index contributed by atoms with van der Waals surface area (Å²) in [5.41, 5.74) is 1.97. The first-order valence-corrected chi connectivity index (χ1v) is 11.8. The molecule has 1 aliphatic heterocycles. The SMILES string of the molecule is O=C(CCSc1ccccc1)Nc1ccc(N2CCCN(C(=O)C3CC3)CC2)cc1. The van der Waals surface area contributed by atoms with E-state index in [9.17, 15) is 9.59 Å². The minimum Gasteiger partial charge on any atom is -0.370 e. The number of benzene rings is 2. The second kappa shape index (κ2) is 10.0. The van der Waals surface area contributed by atoms with Crippen LogP contribution in [-0.4, -0.2) is 48.6 Å². The summed E-state index contributed by atoms with van der Waals surface area (Å²) in [6.07, 6.45) is 3.61. The Balaban J connectivity index is 1.23. The van der Waals surface area contributed by atoms with E-state index in [1.54, 1.807) is 11.8 Å². The molecule has 2 amide bonds. The predicted molar refractivity (Wildman–Crippen MR) is 123 cm³/mol. The van der Waals surface area contributed by atoms with Crippen molar-refractivity contribution in [2.75, 3.05) is 42.1 Å². The quantitative estimate of drug-likeness (QED) is 0.676. The van der Waals surface area contributed by atoms with Gasteiger partial charge in [-0.2, -0.15) is 0 Å². The standard InChI is InChI=1S/C24H29N3O2S/c28-23(13-18-30-22-5-2-1-3-6-22)25-20-9-11-21(12-10-20)26-14-4-15-27(17-16-26)24(29)19-7-8-19/h1-3,5-6,9-12,19H,4,7-8,13-18H2,(H,25,28). The fourth-order valence-electron chi connectivity index (χ4n) is 3.74. The smallest absolute Gasteiger partial charge is 0.225 e. The second-order valence-electron chi connectivity index (χ2n) is 7.95. The zero-order chi connectivity index (χ0) is 20.8. The van der Waals surface area contributed by atoms with Crippen LogP contribution >= 0.6 is 11.8 Å². The van der Waals surface area contributed by atoms with E-state index in [0.717, 1.165) is 62.6 Å². The Kier molecular flexibility index (Phi) is 6.95. The highest BCUT2D eigenvalue weighted by atomic mass is 32.2. The topological polar surface area (TPSA) is 52.7 Å². The number of thioether (sulfide) groups is 1. The first kappa shape index (κ1) is 20.8. The van der Waals surface area contributed by atoms with Gasteiger partial charge in [-0.05, 0) is 55.7 Å². The molecule has 1 aliphatic carbocycles. The zero-order valence-electron chi connectivity index (χ0n) is 17.3. The number of rotatable bonds is 7. The summed E-state index contributed by atoms with van der Waals surface area (Å²) in [6.45, 7) is 3.48. The molecule has 0 bridgehead atoms. The molecule has 1 N–H and O–H groups in total. The Hall–Kier alpha value is -2.47. The maximum atomic E-state index is 12.3. The highest BCUT2D eigenvalue weighted by Gasteiger charge is 2.33. The summed E-state index contributed by atoms with van der Waals surface area (Å²) >= 11 is 1.69. The van der Waals surface area contributed by atoms with Crippen LogP contribution in [0.25, 0.3) is 0 Å². The number of carbonyl (C=O) groups excluding carboxylic acids is 2. The van der Waals surface area contributed by atoms with E-state index in [0.29, 0.717) is 18.2 Å². The molecule has 2 aliphatic rings. The minimum atomic E-state index is 0.0372. The lowest BCUT2D eigenvalue weighted by molar-refractivity contribution is -0.132. The van der Waals surface area contributed by atoms with Gasteiger partial charge in [0.1, 0.15) is 0 Å². The maximum absolute atomic E-state index is 12.3. The van der Waals surface area contributed by atoms with Crippen molar-refractivity contribution >= 4 is 35.0 Å². The van der Waals surface area contributed by atoms with E-state index < -0.39 is 0 Å². The molecule has 2 fully saturated rings. The number of anilines is 2. The highest BCUT2D eigenvalue weighted by molar-refractivity contribution is 7.99. The molecule has 4 rings (SSSR count). The molecule has 1 saturated carbocycles. The number of amides is 2. The van der Waals surface area contributed by atoms with Crippen molar-refractivity contribution < 1.29 is 9.59 Å². The largest absolute Gasteiger partial charge is 0.370 e. The summed E-state index contributed by atoms with van der Waals surface area (Å²) in [4.78, 5) is 30.1. The molecule has 6 heteroatoms. The molecule has 0 atom stereocenters.